The predicted molar refractivity (Wildman–Crippen MR) is 56.9 cm³/mol. The van der Waals surface area contributed by atoms with Crippen molar-refractivity contribution in [1.82, 2.24) is 4.98 Å². The van der Waals surface area contributed by atoms with E-state index in [-0.39, 0.29) is 11.7 Å². The molecule has 1 heterocycles. The molecule has 4 heteroatoms. The van der Waals surface area contributed by atoms with Gasteiger partial charge in [0.2, 0.25) is 0 Å². The third kappa shape index (κ3) is 2.17. The average Bonchev–Trinajstić information content (AvgIpc) is 2.70. The zero-order valence-electron chi connectivity index (χ0n) is 7.90. The van der Waals surface area contributed by atoms with Gasteiger partial charge in [-0.2, -0.15) is 0 Å². The van der Waals surface area contributed by atoms with Crippen molar-refractivity contribution < 1.29 is 9.90 Å². The number of benzene rings is 1. The predicted octanol–water partition coefficient (Wildman–Crippen LogP) is 1.97. The molecule has 76 valence electrons. The van der Waals surface area contributed by atoms with E-state index in [0.29, 0.717) is 11.4 Å². The number of carbonyl (C=O) groups is 1. The Bertz CT molecular complexity index is 463. The van der Waals surface area contributed by atoms with Crippen molar-refractivity contribution in [1.29, 1.82) is 0 Å². The number of aromatic hydroxyl groups is 1. The first-order valence-corrected chi connectivity index (χ1v) is 4.49. The van der Waals surface area contributed by atoms with Gasteiger partial charge in [0.05, 0.1) is 0 Å². The number of carbonyl (C=O) groups excluding carboxylic acids is 1. The molecule has 1 aromatic carbocycles. The van der Waals surface area contributed by atoms with E-state index in [1.807, 2.05) is 0 Å². The third-order valence-electron chi connectivity index (χ3n) is 1.95. The first kappa shape index (κ1) is 9.33. The molecule has 1 aromatic heterocycles. The van der Waals surface area contributed by atoms with Crippen molar-refractivity contribution in [2.45, 2.75) is 0 Å². The van der Waals surface area contributed by atoms with Gasteiger partial charge in [0.25, 0.3) is 5.91 Å². The van der Waals surface area contributed by atoms with Gasteiger partial charge >= 0.3 is 0 Å². The van der Waals surface area contributed by atoms with E-state index in [2.05, 4.69) is 10.3 Å². The number of aromatic amines is 1. The van der Waals surface area contributed by atoms with Crippen LogP contribution in [-0.2, 0) is 0 Å². The highest BCUT2D eigenvalue weighted by molar-refractivity contribution is 6.02. The van der Waals surface area contributed by atoms with E-state index in [1.54, 1.807) is 36.5 Å². The summed E-state index contributed by atoms with van der Waals surface area (Å²) in [5, 5.41) is 11.9. The van der Waals surface area contributed by atoms with E-state index in [0.717, 1.165) is 0 Å². The van der Waals surface area contributed by atoms with E-state index >= 15 is 0 Å². The maximum atomic E-state index is 11.6. The van der Waals surface area contributed by atoms with Crippen molar-refractivity contribution in [2.24, 2.45) is 0 Å². The summed E-state index contributed by atoms with van der Waals surface area (Å²) in [6.45, 7) is 0. The molecule has 0 bridgehead atoms. The second kappa shape index (κ2) is 3.88. The Kier molecular flexibility index (Phi) is 2.41. The maximum absolute atomic E-state index is 11.6. The number of nitrogens with one attached hydrogen (secondary N) is 2. The van der Waals surface area contributed by atoms with Crippen LogP contribution in [-0.4, -0.2) is 16.0 Å². The number of H-pyrrole nitrogens is 1. The lowest BCUT2D eigenvalue weighted by Crippen LogP contribution is -2.11. The smallest absolute Gasteiger partial charge is 0.272 e. The highest BCUT2D eigenvalue weighted by atomic mass is 16.3. The molecule has 0 atom stereocenters. The average molecular weight is 202 g/mol. The minimum Gasteiger partial charge on any atom is -0.508 e. The number of hydrogen-bond donors (Lipinski definition) is 3. The van der Waals surface area contributed by atoms with Gasteiger partial charge in [-0.25, -0.2) is 0 Å². The third-order valence-corrected chi connectivity index (χ3v) is 1.95. The molecule has 0 aliphatic heterocycles. The molecule has 0 unspecified atom stereocenters. The standard InChI is InChI=1S/C11H10N2O2/c14-9-4-1-3-8(7-9)13-11(15)10-5-2-6-12-10/h1-7,12,14H,(H,13,15). The van der Waals surface area contributed by atoms with Gasteiger partial charge in [0, 0.05) is 18.0 Å². The van der Waals surface area contributed by atoms with Crippen LogP contribution in [0.2, 0.25) is 0 Å². The quantitative estimate of drug-likeness (QED) is 0.697. The highest BCUT2D eigenvalue weighted by Gasteiger charge is 2.05. The number of hydrogen-bond acceptors (Lipinski definition) is 2. The second-order valence-electron chi connectivity index (χ2n) is 3.09. The molecule has 4 nitrogen and oxygen atoms in total. The number of phenolic OH excluding ortho intramolecular Hbond substituents is 1. The summed E-state index contributed by atoms with van der Waals surface area (Å²) in [5.41, 5.74) is 1.05. The summed E-state index contributed by atoms with van der Waals surface area (Å²) in [7, 11) is 0. The summed E-state index contributed by atoms with van der Waals surface area (Å²) < 4.78 is 0. The van der Waals surface area contributed by atoms with Crippen molar-refractivity contribution in [3.8, 4) is 5.75 Å². The minimum atomic E-state index is -0.231. The Balaban J connectivity index is 2.13. The van der Waals surface area contributed by atoms with Crippen LogP contribution in [0.15, 0.2) is 42.6 Å². The zero-order valence-corrected chi connectivity index (χ0v) is 7.90. The summed E-state index contributed by atoms with van der Waals surface area (Å²) >= 11 is 0. The Morgan fingerprint density at radius 2 is 2.13 bits per heavy atom. The maximum Gasteiger partial charge on any atom is 0.272 e. The number of phenols is 1. The van der Waals surface area contributed by atoms with Gasteiger partial charge in [-0.1, -0.05) is 6.07 Å². The molecule has 15 heavy (non-hydrogen) atoms. The van der Waals surface area contributed by atoms with Crippen LogP contribution >= 0.6 is 0 Å². The lowest BCUT2D eigenvalue weighted by Gasteiger charge is -2.03. The molecule has 0 fully saturated rings. The second-order valence-corrected chi connectivity index (χ2v) is 3.09. The molecule has 1 amide bonds. The summed E-state index contributed by atoms with van der Waals surface area (Å²) in [5.74, 6) is -0.107. The van der Waals surface area contributed by atoms with Gasteiger partial charge < -0.3 is 15.4 Å². The van der Waals surface area contributed by atoms with Crippen molar-refractivity contribution in [2.75, 3.05) is 5.32 Å². The van der Waals surface area contributed by atoms with Crippen LogP contribution < -0.4 is 5.32 Å². The molecule has 0 saturated heterocycles. The van der Waals surface area contributed by atoms with Crippen LogP contribution in [0.5, 0.6) is 5.75 Å². The molecular weight excluding hydrogens is 192 g/mol. The van der Waals surface area contributed by atoms with Crippen LogP contribution in [0, 0.1) is 0 Å². The molecule has 3 N–H and O–H groups in total. The van der Waals surface area contributed by atoms with Gasteiger partial charge in [0.15, 0.2) is 0 Å². The number of aromatic nitrogens is 1. The van der Waals surface area contributed by atoms with Gasteiger partial charge in [-0.05, 0) is 24.3 Å². The molecule has 0 aliphatic rings. The van der Waals surface area contributed by atoms with E-state index < -0.39 is 0 Å². The van der Waals surface area contributed by atoms with Gasteiger partial charge in [0.1, 0.15) is 11.4 Å². The number of rotatable bonds is 2. The molecule has 0 saturated carbocycles. The van der Waals surface area contributed by atoms with Crippen molar-refractivity contribution >= 4 is 11.6 Å². The number of amides is 1. The molecule has 2 rings (SSSR count). The van der Waals surface area contributed by atoms with Crippen LogP contribution in [0.25, 0.3) is 0 Å². The van der Waals surface area contributed by atoms with E-state index in [9.17, 15) is 9.90 Å². The molecule has 0 radical (unpaired) electrons. The first-order valence-electron chi connectivity index (χ1n) is 4.49. The lowest BCUT2D eigenvalue weighted by atomic mass is 10.3. The van der Waals surface area contributed by atoms with Crippen LogP contribution in [0.3, 0.4) is 0 Å². The fraction of sp³-hybridized carbons (Fsp3) is 0. The Hall–Kier alpha value is -2.23. The fourth-order valence-electron chi connectivity index (χ4n) is 1.25. The molecule has 0 spiro atoms. The van der Waals surface area contributed by atoms with Gasteiger partial charge in [-0.15, -0.1) is 0 Å². The first-order chi connectivity index (χ1) is 7.25. The van der Waals surface area contributed by atoms with Crippen molar-refractivity contribution in [3.05, 3.63) is 48.3 Å². The molecular formula is C11H10N2O2. The highest BCUT2D eigenvalue weighted by Crippen LogP contribution is 2.15. The molecule has 0 aliphatic carbocycles. The normalized spacial score (nSPS) is 9.87. The Labute approximate surface area is 86.6 Å². The summed E-state index contributed by atoms with van der Waals surface area (Å²) in [6.07, 6.45) is 1.68. The minimum absolute atomic E-state index is 0.124. The lowest BCUT2D eigenvalue weighted by molar-refractivity contribution is 0.102. The fourth-order valence-corrected chi connectivity index (χ4v) is 1.25. The largest absolute Gasteiger partial charge is 0.508 e. The van der Waals surface area contributed by atoms with Crippen LogP contribution in [0.4, 0.5) is 5.69 Å². The Morgan fingerprint density at radius 3 is 2.80 bits per heavy atom. The van der Waals surface area contributed by atoms with E-state index in [4.69, 9.17) is 0 Å². The Morgan fingerprint density at radius 1 is 1.27 bits per heavy atom. The summed E-state index contributed by atoms with van der Waals surface area (Å²) in [6, 6.07) is 9.83. The SMILES string of the molecule is O=C(Nc1cccc(O)c1)c1ccc[nH]1. The monoisotopic (exact) mass is 202 g/mol. The summed E-state index contributed by atoms with van der Waals surface area (Å²) in [4.78, 5) is 14.4. The zero-order chi connectivity index (χ0) is 10.7. The topological polar surface area (TPSA) is 65.1 Å². The number of anilines is 1. The van der Waals surface area contributed by atoms with Crippen molar-refractivity contribution in [3.63, 3.8) is 0 Å². The van der Waals surface area contributed by atoms with E-state index in [1.165, 1.54) is 6.07 Å². The van der Waals surface area contributed by atoms with Gasteiger partial charge in [-0.3, -0.25) is 4.79 Å². The molecule has 2 aromatic rings. The van der Waals surface area contributed by atoms with Crippen LogP contribution in [0.1, 0.15) is 10.5 Å².